The summed E-state index contributed by atoms with van der Waals surface area (Å²) in [5.41, 5.74) is 1.80. The fourth-order valence-corrected chi connectivity index (χ4v) is 2.27. The maximum atomic E-state index is 11.9. The summed E-state index contributed by atoms with van der Waals surface area (Å²) in [6.45, 7) is 0.548. The van der Waals surface area contributed by atoms with Crippen LogP contribution in [0.5, 0.6) is 11.5 Å². The molecule has 2 aromatic carbocycles. The third-order valence-electron chi connectivity index (χ3n) is 3.51. The van der Waals surface area contributed by atoms with Crippen LogP contribution < -0.4 is 15.4 Å². The number of amides is 2. The van der Waals surface area contributed by atoms with Crippen molar-refractivity contribution < 1.29 is 9.53 Å². The van der Waals surface area contributed by atoms with Crippen LogP contribution in [-0.2, 0) is 6.42 Å². The molecule has 1 aromatic heterocycles. The van der Waals surface area contributed by atoms with E-state index in [1.807, 2.05) is 54.6 Å². The fourth-order valence-electron chi connectivity index (χ4n) is 2.27. The third kappa shape index (κ3) is 5.35. The van der Waals surface area contributed by atoms with Crippen LogP contribution in [0.2, 0.25) is 0 Å². The molecule has 0 fully saturated rings. The summed E-state index contributed by atoms with van der Waals surface area (Å²) in [5, 5.41) is 5.62. The Morgan fingerprint density at radius 2 is 1.68 bits per heavy atom. The molecule has 126 valence electrons. The number of rotatable bonds is 6. The lowest BCUT2D eigenvalue weighted by molar-refractivity contribution is 0.252. The van der Waals surface area contributed by atoms with Crippen LogP contribution in [0, 0.1) is 0 Å². The Hall–Kier alpha value is -3.34. The molecule has 3 aromatic rings. The molecule has 0 saturated carbocycles. The number of para-hydroxylation sites is 1. The van der Waals surface area contributed by atoms with E-state index in [0.29, 0.717) is 18.0 Å². The molecule has 25 heavy (non-hydrogen) atoms. The second kappa shape index (κ2) is 8.49. The Labute approximate surface area is 146 Å². The molecule has 0 radical (unpaired) electrons. The van der Waals surface area contributed by atoms with Crippen LogP contribution in [0.25, 0.3) is 0 Å². The summed E-state index contributed by atoms with van der Waals surface area (Å²) in [5.74, 6) is 1.49. The first-order valence-corrected chi connectivity index (χ1v) is 8.06. The number of urea groups is 1. The molecule has 0 spiro atoms. The predicted molar refractivity (Wildman–Crippen MR) is 97.9 cm³/mol. The van der Waals surface area contributed by atoms with Gasteiger partial charge in [-0.15, -0.1) is 0 Å². The number of aromatic nitrogens is 1. The number of hydrogen-bond donors (Lipinski definition) is 2. The smallest absolute Gasteiger partial charge is 0.319 e. The predicted octanol–water partition coefficient (Wildman–Crippen LogP) is 4.24. The first-order valence-electron chi connectivity index (χ1n) is 8.06. The molecule has 5 nitrogen and oxygen atoms in total. The van der Waals surface area contributed by atoms with E-state index in [0.717, 1.165) is 17.7 Å². The number of nitrogens with one attached hydrogen (secondary N) is 2. The highest BCUT2D eigenvalue weighted by atomic mass is 16.5. The maximum Gasteiger partial charge on any atom is 0.319 e. The lowest BCUT2D eigenvalue weighted by atomic mass is 10.2. The van der Waals surface area contributed by atoms with Gasteiger partial charge in [-0.3, -0.25) is 4.98 Å². The van der Waals surface area contributed by atoms with Crippen LogP contribution in [0.3, 0.4) is 0 Å². The standard InChI is InChI=1S/C20H19N3O2/c24-20(22-14-12-16-5-4-13-21-15-16)23-17-8-10-19(11-9-17)25-18-6-2-1-3-7-18/h1-11,13,15H,12,14H2,(H2,22,23,24). The zero-order chi connectivity index (χ0) is 17.3. The average Bonchev–Trinajstić information content (AvgIpc) is 2.65. The van der Waals surface area contributed by atoms with Gasteiger partial charge in [-0.25, -0.2) is 4.79 Å². The van der Waals surface area contributed by atoms with Gasteiger partial charge in [0.1, 0.15) is 11.5 Å². The van der Waals surface area contributed by atoms with Gasteiger partial charge >= 0.3 is 6.03 Å². The molecule has 0 atom stereocenters. The van der Waals surface area contributed by atoms with Crippen LogP contribution in [0.4, 0.5) is 10.5 Å². The second-order valence-electron chi connectivity index (χ2n) is 5.43. The minimum atomic E-state index is -0.236. The molecule has 5 heteroatoms. The Bertz CT molecular complexity index is 790. The second-order valence-corrected chi connectivity index (χ2v) is 5.43. The molecule has 3 rings (SSSR count). The Morgan fingerprint density at radius 3 is 2.40 bits per heavy atom. The van der Waals surface area contributed by atoms with E-state index in [4.69, 9.17) is 4.74 Å². The number of benzene rings is 2. The largest absolute Gasteiger partial charge is 0.457 e. The van der Waals surface area contributed by atoms with Crippen molar-refractivity contribution >= 4 is 11.7 Å². The monoisotopic (exact) mass is 333 g/mol. The topological polar surface area (TPSA) is 63.2 Å². The van der Waals surface area contributed by atoms with Crippen molar-refractivity contribution in [2.45, 2.75) is 6.42 Å². The number of pyridine rings is 1. The van der Waals surface area contributed by atoms with E-state index in [1.54, 1.807) is 24.5 Å². The normalized spacial score (nSPS) is 10.1. The van der Waals surface area contributed by atoms with E-state index >= 15 is 0 Å². The van der Waals surface area contributed by atoms with Crippen LogP contribution >= 0.6 is 0 Å². The van der Waals surface area contributed by atoms with E-state index in [9.17, 15) is 4.79 Å². The van der Waals surface area contributed by atoms with E-state index in [2.05, 4.69) is 15.6 Å². The Balaban J connectivity index is 1.45. The minimum absolute atomic E-state index is 0.236. The molecule has 0 bridgehead atoms. The van der Waals surface area contributed by atoms with Crippen molar-refractivity contribution in [1.82, 2.24) is 10.3 Å². The average molecular weight is 333 g/mol. The van der Waals surface area contributed by atoms with Gasteiger partial charge in [-0.1, -0.05) is 24.3 Å². The molecule has 2 N–H and O–H groups in total. The van der Waals surface area contributed by atoms with Gasteiger partial charge in [0, 0.05) is 24.6 Å². The molecule has 0 saturated heterocycles. The summed E-state index contributed by atoms with van der Waals surface area (Å²) in [7, 11) is 0. The zero-order valence-corrected chi connectivity index (χ0v) is 13.7. The van der Waals surface area contributed by atoms with Gasteiger partial charge in [0.05, 0.1) is 0 Å². The summed E-state index contributed by atoms with van der Waals surface area (Å²) >= 11 is 0. The Kier molecular flexibility index (Phi) is 5.61. The lowest BCUT2D eigenvalue weighted by Crippen LogP contribution is -2.30. The third-order valence-corrected chi connectivity index (χ3v) is 3.51. The zero-order valence-electron chi connectivity index (χ0n) is 13.7. The van der Waals surface area contributed by atoms with Crippen molar-refractivity contribution in [3.8, 4) is 11.5 Å². The van der Waals surface area contributed by atoms with Gasteiger partial charge in [-0.2, -0.15) is 0 Å². The SMILES string of the molecule is O=C(NCCc1cccnc1)Nc1ccc(Oc2ccccc2)cc1. The van der Waals surface area contributed by atoms with E-state index < -0.39 is 0 Å². The van der Waals surface area contributed by atoms with Crippen molar-refractivity contribution in [2.24, 2.45) is 0 Å². The van der Waals surface area contributed by atoms with Crippen molar-refractivity contribution in [1.29, 1.82) is 0 Å². The highest BCUT2D eigenvalue weighted by Crippen LogP contribution is 2.22. The first kappa shape index (κ1) is 16.5. The van der Waals surface area contributed by atoms with Crippen molar-refractivity contribution in [2.75, 3.05) is 11.9 Å². The van der Waals surface area contributed by atoms with Crippen molar-refractivity contribution in [3.63, 3.8) is 0 Å². The van der Waals surface area contributed by atoms with Gasteiger partial charge in [0.15, 0.2) is 0 Å². The van der Waals surface area contributed by atoms with Crippen LogP contribution in [0.15, 0.2) is 79.1 Å². The molecular formula is C20H19N3O2. The number of carbonyl (C=O) groups is 1. The molecular weight excluding hydrogens is 314 g/mol. The maximum absolute atomic E-state index is 11.9. The molecule has 2 amide bonds. The van der Waals surface area contributed by atoms with E-state index in [-0.39, 0.29) is 6.03 Å². The van der Waals surface area contributed by atoms with Gasteiger partial charge in [-0.05, 0) is 54.4 Å². The van der Waals surface area contributed by atoms with Crippen LogP contribution in [-0.4, -0.2) is 17.6 Å². The summed E-state index contributed by atoms with van der Waals surface area (Å²) in [6, 6.07) is 20.4. The van der Waals surface area contributed by atoms with Gasteiger partial charge in [0.2, 0.25) is 0 Å². The molecule has 0 unspecified atom stereocenters. The molecule has 1 heterocycles. The highest BCUT2D eigenvalue weighted by molar-refractivity contribution is 5.89. The summed E-state index contributed by atoms with van der Waals surface area (Å²) < 4.78 is 5.72. The first-order chi connectivity index (χ1) is 12.3. The highest BCUT2D eigenvalue weighted by Gasteiger charge is 2.02. The molecule has 0 aliphatic carbocycles. The van der Waals surface area contributed by atoms with Crippen molar-refractivity contribution in [3.05, 3.63) is 84.7 Å². The van der Waals surface area contributed by atoms with Gasteiger partial charge < -0.3 is 15.4 Å². The summed E-state index contributed by atoms with van der Waals surface area (Å²) in [6.07, 6.45) is 4.27. The number of hydrogen-bond acceptors (Lipinski definition) is 3. The van der Waals surface area contributed by atoms with Gasteiger partial charge in [0.25, 0.3) is 0 Å². The number of nitrogens with zero attached hydrogens (tertiary/aromatic N) is 1. The lowest BCUT2D eigenvalue weighted by Gasteiger charge is -2.09. The number of anilines is 1. The number of carbonyl (C=O) groups excluding carboxylic acids is 1. The molecule has 0 aliphatic heterocycles. The summed E-state index contributed by atoms with van der Waals surface area (Å²) in [4.78, 5) is 16.0. The van der Waals surface area contributed by atoms with Crippen LogP contribution in [0.1, 0.15) is 5.56 Å². The van der Waals surface area contributed by atoms with E-state index in [1.165, 1.54) is 0 Å². The molecule has 0 aliphatic rings. The Morgan fingerprint density at radius 1 is 0.920 bits per heavy atom. The number of ether oxygens (including phenoxy) is 1. The fraction of sp³-hybridized carbons (Fsp3) is 0.100. The minimum Gasteiger partial charge on any atom is -0.457 e. The quantitative estimate of drug-likeness (QED) is 0.709.